The Labute approximate surface area is 105 Å². The summed E-state index contributed by atoms with van der Waals surface area (Å²) in [5.41, 5.74) is 0.512. The lowest BCUT2D eigenvalue weighted by molar-refractivity contribution is 0.0950. The lowest BCUT2D eigenvalue weighted by Crippen LogP contribution is -2.37. The van der Waals surface area contributed by atoms with Gasteiger partial charge >= 0.3 is 0 Å². The molecule has 16 heavy (non-hydrogen) atoms. The fraction of sp³-hybridized carbons (Fsp3) is 0.364. The number of likely N-dealkylation sites (N-methyl/N-ethyl adjacent to an activating group) is 1. The number of amides is 1. The average molecular weight is 261 g/mol. The highest BCUT2D eigenvalue weighted by Crippen LogP contribution is 2.22. The highest BCUT2D eigenvalue weighted by atomic mass is 35.5. The molecule has 0 heterocycles. The summed E-state index contributed by atoms with van der Waals surface area (Å²) < 4.78 is 0. The van der Waals surface area contributed by atoms with Crippen molar-refractivity contribution in [3.63, 3.8) is 0 Å². The van der Waals surface area contributed by atoms with Crippen LogP contribution < -0.4 is 10.6 Å². The normalized spacial score (nSPS) is 12.2. The predicted octanol–water partition coefficient (Wildman–Crippen LogP) is 2.33. The Kier molecular flexibility index (Phi) is 5.06. The van der Waals surface area contributed by atoms with Crippen molar-refractivity contribution >= 4 is 29.1 Å². The van der Waals surface area contributed by atoms with Crippen molar-refractivity contribution in [2.75, 3.05) is 13.6 Å². The van der Waals surface area contributed by atoms with Gasteiger partial charge < -0.3 is 10.6 Å². The second-order valence-electron chi connectivity index (χ2n) is 3.53. The number of nitrogens with one attached hydrogen (secondary N) is 2. The Morgan fingerprint density at radius 2 is 2.06 bits per heavy atom. The summed E-state index contributed by atoms with van der Waals surface area (Å²) in [5.74, 6) is -0.152. The smallest absolute Gasteiger partial charge is 0.251 e. The number of carbonyl (C=O) groups is 1. The average Bonchev–Trinajstić information content (AvgIpc) is 2.29. The molecule has 1 unspecified atom stereocenters. The van der Waals surface area contributed by atoms with Gasteiger partial charge in [-0.05, 0) is 32.2 Å². The largest absolute Gasteiger partial charge is 0.350 e. The van der Waals surface area contributed by atoms with E-state index in [1.165, 1.54) is 0 Å². The minimum absolute atomic E-state index is 0.152. The summed E-state index contributed by atoms with van der Waals surface area (Å²) in [4.78, 5) is 11.7. The molecule has 0 aliphatic rings. The van der Waals surface area contributed by atoms with E-state index >= 15 is 0 Å². The maximum absolute atomic E-state index is 11.7. The molecular formula is C11H14Cl2N2O. The van der Waals surface area contributed by atoms with E-state index in [1.54, 1.807) is 18.2 Å². The number of benzene rings is 1. The van der Waals surface area contributed by atoms with E-state index in [0.717, 1.165) is 0 Å². The van der Waals surface area contributed by atoms with E-state index in [2.05, 4.69) is 10.6 Å². The first-order chi connectivity index (χ1) is 7.54. The van der Waals surface area contributed by atoms with Gasteiger partial charge in [-0.3, -0.25) is 4.79 Å². The van der Waals surface area contributed by atoms with Gasteiger partial charge in [0.15, 0.2) is 0 Å². The number of carbonyl (C=O) groups excluding carboxylic acids is 1. The monoisotopic (exact) mass is 260 g/mol. The van der Waals surface area contributed by atoms with Gasteiger partial charge in [0, 0.05) is 18.2 Å². The zero-order valence-corrected chi connectivity index (χ0v) is 10.7. The van der Waals surface area contributed by atoms with E-state index in [4.69, 9.17) is 23.2 Å². The molecule has 5 heteroatoms. The minimum atomic E-state index is -0.152. The molecule has 1 aromatic carbocycles. The number of rotatable bonds is 4. The number of hydrogen-bond donors (Lipinski definition) is 2. The van der Waals surface area contributed by atoms with Gasteiger partial charge in [0.2, 0.25) is 0 Å². The van der Waals surface area contributed by atoms with Gasteiger partial charge in [-0.15, -0.1) is 0 Å². The van der Waals surface area contributed by atoms with Gasteiger partial charge in [-0.1, -0.05) is 23.2 Å². The molecule has 0 saturated heterocycles. The predicted molar refractivity (Wildman–Crippen MR) is 67.3 cm³/mol. The van der Waals surface area contributed by atoms with Crippen LogP contribution in [0, 0.1) is 0 Å². The maximum atomic E-state index is 11.7. The Morgan fingerprint density at radius 3 is 2.62 bits per heavy atom. The van der Waals surface area contributed by atoms with E-state index in [9.17, 15) is 4.79 Å². The van der Waals surface area contributed by atoms with E-state index < -0.39 is 0 Å². The second kappa shape index (κ2) is 6.09. The van der Waals surface area contributed by atoms with Crippen molar-refractivity contribution in [2.45, 2.75) is 13.0 Å². The number of hydrogen-bond acceptors (Lipinski definition) is 2. The molecule has 0 fully saturated rings. The zero-order chi connectivity index (χ0) is 12.1. The molecule has 0 bridgehead atoms. The second-order valence-corrected chi connectivity index (χ2v) is 4.34. The van der Waals surface area contributed by atoms with Crippen LogP contribution in [0.1, 0.15) is 17.3 Å². The Morgan fingerprint density at radius 1 is 1.38 bits per heavy atom. The van der Waals surface area contributed by atoms with Crippen molar-refractivity contribution in [1.29, 1.82) is 0 Å². The molecule has 0 saturated carbocycles. The Hall–Kier alpha value is -0.770. The minimum Gasteiger partial charge on any atom is -0.350 e. The van der Waals surface area contributed by atoms with Gasteiger partial charge in [-0.25, -0.2) is 0 Å². The zero-order valence-electron chi connectivity index (χ0n) is 9.18. The molecule has 0 aromatic heterocycles. The first-order valence-electron chi connectivity index (χ1n) is 4.95. The first kappa shape index (κ1) is 13.3. The van der Waals surface area contributed by atoms with Crippen molar-refractivity contribution in [2.24, 2.45) is 0 Å². The van der Waals surface area contributed by atoms with Crippen molar-refractivity contribution < 1.29 is 4.79 Å². The van der Waals surface area contributed by atoms with Gasteiger partial charge in [-0.2, -0.15) is 0 Å². The fourth-order valence-electron chi connectivity index (χ4n) is 1.09. The maximum Gasteiger partial charge on any atom is 0.251 e. The van der Waals surface area contributed by atoms with Crippen LogP contribution in [0.15, 0.2) is 18.2 Å². The third-order valence-electron chi connectivity index (χ3n) is 2.24. The van der Waals surface area contributed by atoms with Gasteiger partial charge in [0.25, 0.3) is 5.91 Å². The van der Waals surface area contributed by atoms with Crippen molar-refractivity contribution in [3.05, 3.63) is 33.8 Å². The lowest BCUT2D eigenvalue weighted by atomic mass is 10.2. The van der Waals surface area contributed by atoms with Crippen LogP contribution in [0.4, 0.5) is 0 Å². The summed E-state index contributed by atoms with van der Waals surface area (Å²) in [7, 11) is 1.84. The molecule has 1 aromatic rings. The van der Waals surface area contributed by atoms with Crippen LogP contribution in [0.3, 0.4) is 0 Å². The van der Waals surface area contributed by atoms with E-state index in [1.807, 2.05) is 14.0 Å². The van der Waals surface area contributed by atoms with Crippen LogP contribution >= 0.6 is 23.2 Å². The van der Waals surface area contributed by atoms with Crippen molar-refractivity contribution in [3.8, 4) is 0 Å². The van der Waals surface area contributed by atoms with Crippen LogP contribution in [-0.4, -0.2) is 25.5 Å². The number of halogens is 2. The molecule has 0 spiro atoms. The Bertz CT molecular complexity index is 382. The standard InChI is InChI=1S/C11H14Cl2N2O/c1-7(14-2)6-15-11(16)8-3-4-9(12)10(13)5-8/h3-5,7,14H,6H2,1-2H3,(H,15,16). The topological polar surface area (TPSA) is 41.1 Å². The fourth-order valence-corrected chi connectivity index (χ4v) is 1.39. The van der Waals surface area contributed by atoms with Gasteiger partial charge in [0.1, 0.15) is 0 Å². The molecule has 1 amide bonds. The summed E-state index contributed by atoms with van der Waals surface area (Å²) in [5, 5.41) is 6.65. The molecule has 2 N–H and O–H groups in total. The quantitative estimate of drug-likeness (QED) is 0.873. The van der Waals surface area contributed by atoms with Crippen LogP contribution in [-0.2, 0) is 0 Å². The van der Waals surface area contributed by atoms with E-state index in [-0.39, 0.29) is 11.9 Å². The molecule has 3 nitrogen and oxygen atoms in total. The molecule has 1 atom stereocenters. The summed E-state index contributed by atoms with van der Waals surface area (Å²) in [6.07, 6.45) is 0. The molecular weight excluding hydrogens is 247 g/mol. The van der Waals surface area contributed by atoms with Crippen LogP contribution in [0.25, 0.3) is 0 Å². The van der Waals surface area contributed by atoms with Crippen LogP contribution in [0.5, 0.6) is 0 Å². The highest BCUT2D eigenvalue weighted by molar-refractivity contribution is 6.42. The summed E-state index contributed by atoms with van der Waals surface area (Å²) in [6, 6.07) is 5.05. The molecule has 88 valence electrons. The third-order valence-corrected chi connectivity index (χ3v) is 2.98. The molecule has 0 aliphatic carbocycles. The summed E-state index contributed by atoms with van der Waals surface area (Å²) >= 11 is 11.6. The molecule has 0 aliphatic heterocycles. The Balaban J connectivity index is 2.63. The lowest BCUT2D eigenvalue weighted by Gasteiger charge is -2.11. The molecule has 1 rings (SSSR count). The first-order valence-corrected chi connectivity index (χ1v) is 5.70. The highest BCUT2D eigenvalue weighted by Gasteiger charge is 2.08. The van der Waals surface area contributed by atoms with Crippen molar-refractivity contribution in [1.82, 2.24) is 10.6 Å². The van der Waals surface area contributed by atoms with Gasteiger partial charge in [0.05, 0.1) is 10.0 Å². The third kappa shape index (κ3) is 3.67. The summed E-state index contributed by atoms with van der Waals surface area (Å²) in [6.45, 7) is 2.55. The van der Waals surface area contributed by atoms with E-state index in [0.29, 0.717) is 22.2 Å². The SMILES string of the molecule is CNC(C)CNC(=O)c1ccc(Cl)c(Cl)c1. The molecule has 0 radical (unpaired) electrons. The van der Waals surface area contributed by atoms with Crippen LogP contribution in [0.2, 0.25) is 10.0 Å².